The Bertz CT molecular complexity index is 3080. The van der Waals surface area contributed by atoms with Crippen LogP contribution in [0.1, 0.15) is 36.1 Å². The molecule has 0 spiro atoms. The van der Waals surface area contributed by atoms with Gasteiger partial charge in [-0.3, -0.25) is 0 Å². The largest absolute Gasteiger partial charge is 0.310 e. The van der Waals surface area contributed by atoms with Crippen molar-refractivity contribution in [3.8, 4) is 45.3 Å². The second-order valence-corrected chi connectivity index (χ2v) is 15.1. The van der Waals surface area contributed by atoms with Crippen LogP contribution in [0.4, 0.5) is 0 Å². The average Bonchev–Trinajstić information content (AvgIpc) is 3.80. The third-order valence-corrected chi connectivity index (χ3v) is 11.6. The molecule has 4 nitrogen and oxygen atoms in total. The van der Waals surface area contributed by atoms with E-state index in [9.17, 15) is 0 Å². The van der Waals surface area contributed by atoms with Crippen LogP contribution in [-0.2, 0) is 0 Å². The lowest BCUT2D eigenvalue weighted by molar-refractivity contribution is 0.784. The van der Waals surface area contributed by atoms with Crippen LogP contribution in [0.15, 0.2) is 188 Å². The van der Waals surface area contributed by atoms with Crippen LogP contribution in [0.3, 0.4) is 0 Å². The Kier molecular flexibility index (Phi) is 7.82. The standard InChI is InChI=1S/C53H38N4/c1-35-31-40(39-27-30-50-45(32-39)43-21-11-13-23-48(43)56(50)41-19-9-4-10-20-41)33-51-52(35)44-22-12-14-24-49(44)57(51)42-28-25-38(26-29-42)53-54-46(36-15-5-2-6-16-36)34-47(55-53)37-17-7-3-8-18-37/h2-30,32-35H,31H2,1H3. The monoisotopic (exact) mass is 730 g/mol. The number of para-hydroxylation sites is 3. The molecular formula is C53H38N4. The second kappa shape index (κ2) is 13.5. The highest BCUT2D eigenvalue weighted by molar-refractivity contribution is 6.10. The van der Waals surface area contributed by atoms with Gasteiger partial charge in [-0.25, -0.2) is 9.97 Å². The van der Waals surface area contributed by atoms with Crippen molar-refractivity contribution in [1.29, 1.82) is 0 Å². The van der Waals surface area contributed by atoms with Crippen molar-refractivity contribution in [1.82, 2.24) is 19.1 Å². The minimum absolute atomic E-state index is 0.345. The minimum Gasteiger partial charge on any atom is -0.310 e. The fourth-order valence-corrected chi connectivity index (χ4v) is 8.96. The zero-order chi connectivity index (χ0) is 37.9. The van der Waals surface area contributed by atoms with Crippen molar-refractivity contribution in [3.05, 3.63) is 205 Å². The van der Waals surface area contributed by atoms with Crippen molar-refractivity contribution in [2.45, 2.75) is 19.3 Å². The van der Waals surface area contributed by atoms with Gasteiger partial charge in [0.15, 0.2) is 5.82 Å². The molecule has 1 atom stereocenters. The van der Waals surface area contributed by atoms with E-state index in [0.29, 0.717) is 11.7 Å². The Morgan fingerprint density at radius 3 is 1.63 bits per heavy atom. The van der Waals surface area contributed by atoms with Crippen LogP contribution < -0.4 is 0 Å². The van der Waals surface area contributed by atoms with E-state index in [-0.39, 0.29) is 0 Å². The third-order valence-electron chi connectivity index (χ3n) is 11.6. The Balaban J connectivity index is 1.03. The highest BCUT2D eigenvalue weighted by Gasteiger charge is 2.27. The molecule has 0 fully saturated rings. The Morgan fingerprint density at radius 1 is 0.439 bits per heavy atom. The second-order valence-electron chi connectivity index (χ2n) is 15.1. The summed E-state index contributed by atoms with van der Waals surface area (Å²) in [6.45, 7) is 2.38. The van der Waals surface area contributed by atoms with Crippen molar-refractivity contribution < 1.29 is 0 Å². The number of hydrogen-bond donors (Lipinski definition) is 0. The zero-order valence-electron chi connectivity index (χ0n) is 31.5. The van der Waals surface area contributed by atoms with E-state index in [2.05, 4.69) is 198 Å². The van der Waals surface area contributed by atoms with Gasteiger partial charge in [0, 0.05) is 44.2 Å². The van der Waals surface area contributed by atoms with E-state index in [0.717, 1.165) is 40.2 Å². The van der Waals surface area contributed by atoms with E-state index in [1.807, 2.05) is 12.1 Å². The summed E-state index contributed by atoms with van der Waals surface area (Å²) in [5.41, 5.74) is 16.2. The zero-order valence-corrected chi connectivity index (χ0v) is 31.5. The quantitative estimate of drug-likeness (QED) is 0.171. The molecule has 0 radical (unpaired) electrons. The van der Waals surface area contributed by atoms with Crippen molar-refractivity contribution >= 4 is 44.4 Å². The van der Waals surface area contributed by atoms with Crippen LogP contribution in [-0.4, -0.2) is 19.1 Å². The maximum Gasteiger partial charge on any atom is 0.160 e. The topological polar surface area (TPSA) is 35.6 Å². The summed E-state index contributed by atoms with van der Waals surface area (Å²) >= 11 is 0. The van der Waals surface area contributed by atoms with Crippen molar-refractivity contribution in [2.24, 2.45) is 0 Å². The molecule has 57 heavy (non-hydrogen) atoms. The molecule has 3 aromatic heterocycles. The third kappa shape index (κ3) is 5.60. The Labute approximate surface area is 331 Å². The smallest absolute Gasteiger partial charge is 0.160 e. The predicted molar refractivity (Wildman–Crippen MR) is 237 cm³/mol. The van der Waals surface area contributed by atoms with E-state index in [1.165, 1.54) is 60.8 Å². The van der Waals surface area contributed by atoms with Crippen LogP contribution in [0, 0.1) is 0 Å². The van der Waals surface area contributed by atoms with Gasteiger partial charge in [-0.05, 0) is 102 Å². The van der Waals surface area contributed by atoms with Gasteiger partial charge in [0.1, 0.15) is 0 Å². The normalized spacial score (nSPS) is 13.9. The summed E-state index contributed by atoms with van der Waals surface area (Å²) in [6, 6.07) is 66.9. The maximum atomic E-state index is 5.10. The lowest BCUT2D eigenvalue weighted by atomic mass is 9.83. The van der Waals surface area contributed by atoms with Gasteiger partial charge in [0.2, 0.25) is 0 Å². The first-order chi connectivity index (χ1) is 28.2. The fraction of sp³-hybridized carbons (Fsp3) is 0.0566. The number of nitrogens with zero attached hydrogens (tertiary/aromatic N) is 4. The van der Waals surface area contributed by atoms with Gasteiger partial charge < -0.3 is 9.13 Å². The van der Waals surface area contributed by atoms with E-state index < -0.39 is 0 Å². The SMILES string of the molecule is CC1CC(c2ccc3c(c2)c2ccccc2n3-c2ccccc2)=Cc2c1c1ccccc1n2-c1ccc(-c2nc(-c3ccccc3)cc(-c3ccccc3)n2)cc1. The molecule has 11 rings (SSSR count). The molecule has 10 aromatic rings. The van der Waals surface area contributed by atoms with E-state index in [4.69, 9.17) is 9.97 Å². The summed E-state index contributed by atoms with van der Waals surface area (Å²) < 4.78 is 4.83. The number of benzene rings is 7. The summed E-state index contributed by atoms with van der Waals surface area (Å²) in [7, 11) is 0. The fourth-order valence-electron chi connectivity index (χ4n) is 8.96. The molecule has 0 amide bonds. The molecule has 1 aliphatic carbocycles. The van der Waals surface area contributed by atoms with Gasteiger partial charge in [-0.2, -0.15) is 0 Å². The predicted octanol–water partition coefficient (Wildman–Crippen LogP) is 13.6. The number of rotatable bonds is 6. The van der Waals surface area contributed by atoms with Gasteiger partial charge in [0.05, 0.1) is 33.6 Å². The molecular weight excluding hydrogens is 693 g/mol. The molecule has 270 valence electrons. The number of allylic oxidation sites excluding steroid dienone is 1. The van der Waals surface area contributed by atoms with Gasteiger partial charge >= 0.3 is 0 Å². The summed E-state index contributed by atoms with van der Waals surface area (Å²) in [5.74, 6) is 1.05. The first-order valence-corrected chi connectivity index (χ1v) is 19.7. The molecule has 4 heteroatoms. The first kappa shape index (κ1) is 33.1. The highest BCUT2D eigenvalue weighted by Crippen LogP contribution is 2.45. The van der Waals surface area contributed by atoms with E-state index >= 15 is 0 Å². The number of hydrogen-bond acceptors (Lipinski definition) is 2. The van der Waals surface area contributed by atoms with Crippen LogP contribution in [0.2, 0.25) is 0 Å². The van der Waals surface area contributed by atoms with Gasteiger partial charge in [-0.15, -0.1) is 0 Å². The summed E-state index contributed by atoms with van der Waals surface area (Å²) in [6.07, 6.45) is 3.42. The molecule has 7 aromatic carbocycles. The van der Waals surface area contributed by atoms with E-state index in [1.54, 1.807) is 0 Å². The van der Waals surface area contributed by atoms with Crippen molar-refractivity contribution in [3.63, 3.8) is 0 Å². The van der Waals surface area contributed by atoms with Crippen LogP contribution in [0.5, 0.6) is 0 Å². The Hall–Kier alpha value is -7.30. The molecule has 0 N–H and O–H groups in total. The molecule has 3 heterocycles. The minimum atomic E-state index is 0.345. The molecule has 0 saturated heterocycles. The van der Waals surface area contributed by atoms with Crippen LogP contribution >= 0.6 is 0 Å². The van der Waals surface area contributed by atoms with Gasteiger partial charge in [0.25, 0.3) is 0 Å². The lowest BCUT2D eigenvalue weighted by Gasteiger charge is -2.23. The highest BCUT2D eigenvalue weighted by atomic mass is 15.0. The Morgan fingerprint density at radius 2 is 0.965 bits per heavy atom. The van der Waals surface area contributed by atoms with Crippen LogP contribution in [0.25, 0.3) is 89.6 Å². The molecule has 1 aliphatic rings. The van der Waals surface area contributed by atoms with Gasteiger partial charge in [-0.1, -0.05) is 128 Å². The first-order valence-electron chi connectivity index (χ1n) is 19.7. The molecule has 0 bridgehead atoms. The van der Waals surface area contributed by atoms with Crippen molar-refractivity contribution in [2.75, 3.05) is 0 Å². The summed E-state index contributed by atoms with van der Waals surface area (Å²) in [5, 5.41) is 3.86. The number of aromatic nitrogens is 4. The summed E-state index contributed by atoms with van der Waals surface area (Å²) in [4.78, 5) is 10.2. The number of fused-ring (bicyclic) bond motifs is 6. The lowest BCUT2D eigenvalue weighted by Crippen LogP contribution is -2.06. The average molecular weight is 731 g/mol. The maximum absolute atomic E-state index is 5.10. The molecule has 0 aliphatic heterocycles. The molecule has 0 saturated carbocycles. The molecule has 1 unspecified atom stereocenters.